The Morgan fingerprint density at radius 1 is 1.32 bits per heavy atom. The smallest absolute Gasteiger partial charge is 0.356 e. The minimum Gasteiger partial charge on any atom is -0.356 e. The zero-order valence-electron chi connectivity index (χ0n) is 10.2. The highest BCUT2D eigenvalue weighted by Crippen LogP contribution is 2.41. The van der Waals surface area contributed by atoms with Crippen LogP contribution in [0.25, 0.3) is 0 Å². The van der Waals surface area contributed by atoms with Crippen LogP contribution in [0.5, 0.6) is 0 Å². The number of halogens is 7. The number of nitrogens with one attached hydrogen (secondary N) is 2. The van der Waals surface area contributed by atoms with E-state index in [1.54, 1.807) is 0 Å². The first-order valence-electron chi connectivity index (χ1n) is 5.44. The average molecular weight is 503 g/mol. The number of hydrogen-bond acceptors (Lipinski definition) is 3. The van der Waals surface area contributed by atoms with E-state index in [1.165, 1.54) is 12.1 Å². The summed E-state index contributed by atoms with van der Waals surface area (Å²) in [6.45, 7) is 0. The van der Waals surface area contributed by atoms with Gasteiger partial charge in [-0.05, 0) is 34.7 Å². The summed E-state index contributed by atoms with van der Waals surface area (Å²) in [5.74, 6) is -0.988. The van der Waals surface area contributed by atoms with E-state index in [0.29, 0.717) is 11.8 Å². The molecule has 0 aromatic heterocycles. The second-order valence-corrected chi connectivity index (χ2v) is 7.85. The normalized spacial score (nSPS) is 18.4. The van der Waals surface area contributed by atoms with Crippen molar-refractivity contribution in [3.63, 3.8) is 0 Å². The van der Waals surface area contributed by atoms with Crippen molar-refractivity contribution in [2.45, 2.75) is 11.0 Å². The maximum absolute atomic E-state index is 12.9. The van der Waals surface area contributed by atoms with E-state index in [1.807, 2.05) is 27.9 Å². The summed E-state index contributed by atoms with van der Waals surface area (Å²) in [4.78, 5) is 10.4. The Morgan fingerprint density at radius 2 is 1.86 bits per heavy atom. The largest absolute Gasteiger partial charge is 0.432 e. The second kappa shape index (κ2) is 6.84. The third-order valence-corrected chi connectivity index (χ3v) is 4.99. The number of anilines is 1. The van der Waals surface area contributed by atoms with Gasteiger partial charge < -0.3 is 10.6 Å². The van der Waals surface area contributed by atoms with Crippen molar-refractivity contribution < 1.29 is 18.0 Å². The molecule has 1 aromatic carbocycles. The summed E-state index contributed by atoms with van der Waals surface area (Å²) in [6, 6.07) is 3.04. The summed E-state index contributed by atoms with van der Waals surface area (Å²) in [5, 5.41) is 4.54. The van der Waals surface area contributed by atoms with Crippen LogP contribution in [0.15, 0.2) is 22.7 Å². The summed E-state index contributed by atoms with van der Waals surface area (Å²) in [5.41, 5.74) is -1.14. The van der Waals surface area contributed by atoms with Gasteiger partial charge in [0.1, 0.15) is 10.6 Å². The fourth-order valence-electron chi connectivity index (χ4n) is 1.58. The van der Waals surface area contributed by atoms with Crippen molar-refractivity contribution in [1.29, 1.82) is 0 Å². The average Bonchev–Trinajstić information content (AvgIpc) is 2.75. The highest BCUT2D eigenvalue weighted by Gasteiger charge is 2.44. The van der Waals surface area contributed by atoms with E-state index in [4.69, 9.17) is 34.8 Å². The fraction of sp³-hybridized carbons (Fsp3) is 0.182. The molecule has 0 saturated carbocycles. The molecule has 3 nitrogen and oxygen atoms in total. The van der Waals surface area contributed by atoms with Gasteiger partial charge in [-0.25, -0.2) is 0 Å². The molecule has 1 aliphatic rings. The van der Waals surface area contributed by atoms with Crippen LogP contribution in [0.3, 0.4) is 0 Å². The Balaban J connectivity index is 2.33. The monoisotopic (exact) mass is 502 g/mol. The van der Waals surface area contributed by atoms with Gasteiger partial charge in [-0.1, -0.05) is 46.6 Å². The Kier molecular flexibility index (Phi) is 5.69. The van der Waals surface area contributed by atoms with Crippen LogP contribution >= 0.6 is 69.2 Å². The second-order valence-electron chi connectivity index (χ2n) is 3.98. The number of rotatable bonds is 2. The van der Waals surface area contributed by atoms with Crippen molar-refractivity contribution in [3.05, 3.63) is 36.4 Å². The number of allylic oxidation sites excluding steroid dienone is 1. The molecule has 0 fully saturated rings. The number of carbonyl (C=O) groups excluding carboxylic acids is 1. The Morgan fingerprint density at radius 3 is 2.36 bits per heavy atom. The lowest BCUT2D eigenvalue weighted by molar-refractivity contribution is -0.114. The topological polar surface area (TPSA) is 41.1 Å². The highest BCUT2D eigenvalue weighted by molar-refractivity contribution is 14.1. The molecule has 2 rings (SSSR count). The van der Waals surface area contributed by atoms with Gasteiger partial charge in [0.05, 0.1) is 15.7 Å². The Bertz CT molecular complexity index is 645. The standard InChI is InChI=1S/C11H5Cl3F3IN2OS/c12-4-1-3(18)2-5(13)6(4)19-9(21)7-8(11(15,16)17)20-10(14)22-7/h1-2,10,20H,(H,19,21). The predicted octanol–water partition coefficient (Wildman–Crippen LogP) is 5.17. The maximum atomic E-state index is 12.9. The molecule has 0 spiro atoms. The van der Waals surface area contributed by atoms with Crippen LogP contribution in [0.1, 0.15) is 0 Å². The molecular formula is C11H5Cl3F3IN2OS. The third kappa shape index (κ3) is 4.08. The molecule has 1 aliphatic heterocycles. The highest BCUT2D eigenvalue weighted by atomic mass is 127. The molecule has 120 valence electrons. The lowest BCUT2D eigenvalue weighted by atomic mass is 10.3. The van der Waals surface area contributed by atoms with Gasteiger partial charge in [-0.3, -0.25) is 4.79 Å². The molecule has 11 heteroatoms. The zero-order valence-corrected chi connectivity index (χ0v) is 15.4. The first-order chi connectivity index (χ1) is 10.1. The number of benzene rings is 1. The molecule has 0 bridgehead atoms. The van der Waals surface area contributed by atoms with Crippen molar-refractivity contribution in [1.82, 2.24) is 5.32 Å². The van der Waals surface area contributed by atoms with Gasteiger partial charge in [0, 0.05) is 3.57 Å². The lowest BCUT2D eigenvalue weighted by Crippen LogP contribution is -2.27. The van der Waals surface area contributed by atoms with Gasteiger partial charge >= 0.3 is 6.18 Å². The molecule has 0 radical (unpaired) electrons. The Hall–Kier alpha value is -0.0300. The van der Waals surface area contributed by atoms with E-state index >= 15 is 0 Å². The van der Waals surface area contributed by atoms with Crippen LogP contribution in [0.2, 0.25) is 10.0 Å². The molecule has 0 aliphatic carbocycles. The summed E-state index contributed by atoms with van der Waals surface area (Å²) < 4.78 is 39.3. The van der Waals surface area contributed by atoms with Crippen molar-refractivity contribution >= 4 is 80.8 Å². The van der Waals surface area contributed by atoms with Gasteiger partial charge in [-0.15, -0.1) is 0 Å². The van der Waals surface area contributed by atoms with Crippen LogP contribution in [-0.4, -0.2) is 16.9 Å². The zero-order chi connectivity index (χ0) is 16.7. The van der Waals surface area contributed by atoms with Crippen LogP contribution < -0.4 is 10.6 Å². The van der Waals surface area contributed by atoms with Crippen molar-refractivity contribution in [3.8, 4) is 0 Å². The molecule has 1 aromatic rings. The Labute approximate surface area is 156 Å². The van der Waals surface area contributed by atoms with Crippen LogP contribution in [0.4, 0.5) is 18.9 Å². The number of carbonyl (C=O) groups is 1. The van der Waals surface area contributed by atoms with Gasteiger partial charge in [0.15, 0.2) is 4.83 Å². The van der Waals surface area contributed by atoms with Crippen molar-refractivity contribution in [2.24, 2.45) is 0 Å². The number of amides is 1. The van der Waals surface area contributed by atoms with E-state index in [2.05, 4.69) is 5.32 Å². The maximum Gasteiger partial charge on any atom is 0.432 e. The first kappa shape index (κ1) is 18.3. The van der Waals surface area contributed by atoms with E-state index < -0.39 is 27.5 Å². The fourth-order valence-corrected chi connectivity index (χ4v) is 4.36. The number of thioether (sulfide) groups is 1. The van der Waals surface area contributed by atoms with Crippen LogP contribution in [-0.2, 0) is 4.79 Å². The van der Waals surface area contributed by atoms with E-state index in [-0.39, 0.29) is 15.7 Å². The molecule has 22 heavy (non-hydrogen) atoms. The van der Waals surface area contributed by atoms with Gasteiger partial charge in [0.2, 0.25) is 0 Å². The van der Waals surface area contributed by atoms with E-state index in [0.717, 1.165) is 3.57 Å². The predicted molar refractivity (Wildman–Crippen MR) is 91.3 cm³/mol. The molecular weight excluding hydrogens is 498 g/mol. The minimum absolute atomic E-state index is 0.0430. The van der Waals surface area contributed by atoms with Crippen LogP contribution in [0, 0.1) is 3.57 Å². The lowest BCUT2D eigenvalue weighted by Gasteiger charge is -2.12. The SMILES string of the molecule is O=C(Nc1c(Cl)cc(I)cc1Cl)C1=C(C(F)(F)F)NC(Cl)S1. The minimum atomic E-state index is -4.72. The van der Waals surface area contributed by atoms with Gasteiger partial charge in [0.25, 0.3) is 5.91 Å². The molecule has 1 atom stereocenters. The quantitative estimate of drug-likeness (QED) is 0.333. The molecule has 1 unspecified atom stereocenters. The third-order valence-electron chi connectivity index (χ3n) is 2.44. The number of hydrogen-bond donors (Lipinski definition) is 2. The van der Waals surface area contributed by atoms with Gasteiger partial charge in [-0.2, -0.15) is 13.2 Å². The van der Waals surface area contributed by atoms with Crippen molar-refractivity contribution in [2.75, 3.05) is 5.32 Å². The summed E-state index contributed by atoms with van der Waals surface area (Å²) in [7, 11) is 0. The summed E-state index contributed by atoms with van der Waals surface area (Å²) >= 11 is 20.0. The first-order valence-corrected chi connectivity index (χ1v) is 8.59. The molecule has 1 heterocycles. The molecule has 2 N–H and O–H groups in total. The number of alkyl halides is 4. The summed E-state index contributed by atoms with van der Waals surface area (Å²) in [6.07, 6.45) is -4.72. The molecule has 1 amide bonds. The molecule has 0 saturated heterocycles. The van der Waals surface area contributed by atoms with E-state index in [9.17, 15) is 18.0 Å².